The quantitative estimate of drug-likeness (QED) is 0.587. The molecule has 1 aliphatic rings. The van der Waals surface area contributed by atoms with Crippen molar-refractivity contribution in [3.63, 3.8) is 0 Å². The summed E-state index contributed by atoms with van der Waals surface area (Å²) < 4.78 is 10.8. The van der Waals surface area contributed by atoms with Crippen LogP contribution in [0.1, 0.15) is 44.9 Å². The Morgan fingerprint density at radius 2 is 2.04 bits per heavy atom. The number of thiazole rings is 1. The number of aromatic nitrogens is 1. The summed E-state index contributed by atoms with van der Waals surface area (Å²) in [5.74, 6) is -1.05. The van der Waals surface area contributed by atoms with Gasteiger partial charge in [0, 0.05) is 17.5 Å². The largest absolute Gasteiger partial charge is 0.465 e. The molecule has 0 bridgehead atoms. The summed E-state index contributed by atoms with van der Waals surface area (Å²) in [4.78, 5) is 29.6. The third-order valence-corrected chi connectivity index (χ3v) is 5.72. The lowest BCUT2D eigenvalue weighted by molar-refractivity contribution is -0.166. The van der Waals surface area contributed by atoms with Gasteiger partial charge in [-0.05, 0) is 39.3 Å². The fourth-order valence-corrected chi connectivity index (χ4v) is 4.16. The maximum absolute atomic E-state index is 12.6. The highest BCUT2D eigenvalue weighted by Gasteiger charge is 2.60. The highest BCUT2D eigenvalue weighted by molar-refractivity contribution is 7.13. The predicted molar refractivity (Wildman–Crippen MR) is 104 cm³/mol. The Hall–Kier alpha value is -2.41. The van der Waals surface area contributed by atoms with Crippen LogP contribution >= 0.6 is 11.3 Å². The molecule has 3 rings (SSSR count). The molecule has 1 fully saturated rings. The van der Waals surface area contributed by atoms with Gasteiger partial charge in [0.1, 0.15) is 0 Å². The number of hydrogen-bond donors (Lipinski definition) is 1. The summed E-state index contributed by atoms with van der Waals surface area (Å²) in [5, 5.41) is 5.82. The van der Waals surface area contributed by atoms with Gasteiger partial charge in [-0.2, -0.15) is 0 Å². The van der Waals surface area contributed by atoms with Crippen molar-refractivity contribution in [2.45, 2.75) is 46.1 Å². The normalized spacial score (nSPS) is 24.5. The van der Waals surface area contributed by atoms with E-state index in [0.29, 0.717) is 17.2 Å². The van der Waals surface area contributed by atoms with Crippen LogP contribution in [0.5, 0.6) is 0 Å². The first-order valence-electron chi connectivity index (χ1n) is 9.03. The number of nitrogens with zero attached hydrogens (tertiary/aromatic N) is 1. The lowest BCUT2D eigenvalue weighted by Gasteiger charge is -2.23. The van der Waals surface area contributed by atoms with Crippen molar-refractivity contribution in [2.24, 2.45) is 5.41 Å². The van der Waals surface area contributed by atoms with Crippen molar-refractivity contribution in [3.8, 4) is 0 Å². The summed E-state index contributed by atoms with van der Waals surface area (Å²) in [7, 11) is 0. The van der Waals surface area contributed by atoms with Crippen LogP contribution in [-0.2, 0) is 24.7 Å². The molecule has 27 heavy (non-hydrogen) atoms. The molecule has 0 amide bonds. The van der Waals surface area contributed by atoms with Gasteiger partial charge in [-0.1, -0.05) is 24.6 Å². The van der Waals surface area contributed by atoms with E-state index in [4.69, 9.17) is 9.47 Å². The monoisotopic (exact) mass is 388 g/mol. The second-order valence-electron chi connectivity index (χ2n) is 6.98. The molecular weight excluding hydrogens is 364 g/mol. The molecule has 2 aromatic rings. The van der Waals surface area contributed by atoms with Crippen molar-refractivity contribution in [2.75, 3.05) is 11.9 Å². The Morgan fingerprint density at radius 3 is 2.67 bits per heavy atom. The van der Waals surface area contributed by atoms with E-state index in [1.807, 2.05) is 36.6 Å². The first kappa shape index (κ1) is 19.4. The first-order valence-corrected chi connectivity index (χ1v) is 9.91. The Labute approximate surface area is 162 Å². The number of ether oxygens (including phenoxy) is 2. The maximum Gasteiger partial charge on any atom is 0.324 e. The molecule has 1 N–H and O–H groups in total. The molecule has 0 radical (unpaired) electrons. The van der Waals surface area contributed by atoms with Gasteiger partial charge in [-0.15, -0.1) is 11.3 Å². The number of carbonyl (C=O) groups excluding carboxylic acids is 2. The number of aryl methyl sites for hydroxylation is 1. The number of anilines is 2. The average molecular weight is 388 g/mol. The molecule has 2 heterocycles. The van der Waals surface area contributed by atoms with Crippen molar-refractivity contribution >= 4 is 34.1 Å². The molecule has 7 heteroatoms. The molecule has 1 aliphatic heterocycles. The van der Waals surface area contributed by atoms with Gasteiger partial charge in [0.25, 0.3) is 0 Å². The maximum atomic E-state index is 12.6. The third kappa shape index (κ3) is 3.56. The average Bonchev–Trinajstić information content (AvgIpc) is 3.21. The van der Waals surface area contributed by atoms with Crippen LogP contribution in [0.15, 0.2) is 29.6 Å². The molecule has 1 aromatic heterocycles. The summed E-state index contributed by atoms with van der Waals surface area (Å²) in [6.07, 6.45) is 0.556. The van der Waals surface area contributed by atoms with Gasteiger partial charge >= 0.3 is 11.9 Å². The first-order chi connectivity index (χ1) is 12.8. The van der Waals surface area contributed by atoms with Crippen LogP contribution in [0.25, 0.3) is 0 Å². The van der Waals surface area contributed by atoms with E-state index in [1.54, 1.807) is 20.8 Å². The van der Waals surface area contributed by atoms with Gasteiger partial charge in [0.05, 0.1) is 12.3 Å². The summed E-state index contributed by atoms with van der Waals surface area (Å²) >= 11 is 1.43. The molecule has 0 saturated carbocycles. The van der Waals surface area contributed by atoms with Crippen LogP contribution in [-0.4, -0.2) is 23.5 Å². The lowest BCUT2D eigenvalue weighted by atomic mass is 9.78. The van der Waals surface area contributed by atoms with Crippen LogP contribution in [0, 0.1) is 12.3 Å². The highest BCUT2D eigenvalue weighted by atomic mass is 32.1. The molecule has 0 spiro atoms. The molecule has 0 aliphatic carbocycles. The molecular formula is C20H24N2O4S. The van der Waals surface area contributed by atoms with E-state index in [2.05, 4.69) is 10.3 Å². The molecule has 6 nitrogen and oxygen atoms in total. The Balaban J connectivity index is 1.82. The van der Waals surface area contributed by atoms with Crippen molar-refractivity contribution in [3.05, 3.63) is 40.9 Å². The Morgan fingerprint density at radius 1 is 1.33 bits per heavy atom. The highest BCUT2D eigenvalue weighted by Crippen LogP contribution is 2.49. The van der Waals surface area contributed by atoms with Crippen LogP contribution in [0.3, 0.4) is 0 Å². The van der Waals surface area contributed by atoms with E-state index < -0.39 is 23.0 Å². The fraction of sp³-hybridized carbons (Fsp3) is 0.450. The van der Waals surface area contributed by atoms with E-state index in [9.17, 15) is 9.59 Å². The molecule has 2 atom stereocenters. The number of cyclic esters (lactones) is 1. The van der Waals surface area contributed by atoms with Crippen LogP contribution < -0.4 is 5.32 Å². The van der Waals surface area contributed by atoms with Crippen molar-refractivity contribution in [1.82, 2.24) is 4.98 Å². The third-order valence-electron chi connectivity index (χ3n) is 4.97. The summed E-state index contributed by atoms with van der Waals surface area (Å²) in [5.41, 5.74) is 0.530. The number of esters is 2. The van der Waals surface area contributed by atoms with E-state index in [0.717, 1.165) is 5.69 Å². The van der Waals surface area contributed by atoms with Gasteiger partial charge in [0.15, 0.2) is 16.1 Å². The fourth-order valence-electron chi connectivity index (χ4n) is 3.30. The van der Waals surface area contributed by atoms with Gasteiger partial charge in [0.2, 0.25) is 0 Å². The van der Waals surface area contributed by atoms with Gasteiger partial charge in [-0.3, -0.25) is 9.59 Å². The molecule has 1 aromatic carbocycles. The smallest absolute Gasteiger partial charge is 0.324 e. The van der Waals surface area contributed by atoms with Crippen LogP contribution in [0.2, 0.25) is 0 Å². The second kappa shape index (κ2) is 7.31. The van der Waals surface area contributed by atoms with E-state index >= 15 is 0 Å². The minimum Gasteiger partial charge on any atom is -0.465 e. The predicted octanol–water partition coefficient (Wildman–Crippen LogP) is 4.32. The number of nitrogens with one attached hydrogen (secondary N) is 1. The summed E-state index contributed by atoms with van der Waals surface area (Å²) in [6.45, 7) is 7.59. The lowest BCUT2D eigenvalue weighted by Crippen LogP contribution is -2.37. The molecule has 144 valence electrons. The minimum atomic E-state index is -1.26. The van der Waals surface area contributed by atoms with Crippen molar-refractivity contribution < 1.29 is 19.1 Å². The number of benzene rings is 1. The zero-order valence-electron chi connectivity index (χ0n) is 16.0. The Kier molecular flexibility index (Phi) is 5.24. The number of hydrogen-bond acceptors (Lipinski definition) is 7. The van der Waals surface area contributed by atoms with Crippen LogP contribution in [0.4, 0.5) is 10.8 Å². The van der Waals surface area contributed by atoms with Gasteiger partial charge < -0.3 is 14.8 Å². The van der Waals surface area contributed by atoms with E-state index in [1.165, 1.54) is 16.9 Å². The zero-order valence-corrected chi connectivity index (χ0v) is 16.8. The number of carbonyl (C=O) groups is 2. The molecule has 0 unspecified atom stereocenters. The summed E-state index contributed by atoms with van der Waals surface area (Å²) in [6, 6.07) is 8.00. The molecule has 1 saturated heterocycles. The second-order valence-corrected chi connectivity index (χ2v) is 7.84. The van der Waals surface area contributed by atoms with E-state index in [-0.39, 0.29) is 13.0 Å². The standard InChI is InChI=1S/C20H24N2O4S/c1-5-20(16(23)25-6-2)12-19(4,26-17(20)24)15-11-27-18(22-15)21-14-9-7-13(3)8-10-14/h7-11H,5-6,12H2,1-4H3,(H,21,22)/t19-,20+/m0/s1. The minimum absolute atomic E-state index is 0.224. The Bertz CT molecular complexity index is 848. The van der Waals surface area contributed by atoms with Crippen molar-refractivity contribution in [1.29, 1.82) is 0 Å². The zero-order chi connectivity index (χ0) is 19.7. The topological polar surface area (TPSA) is 77.5 Å². The number of rotatable bonds is 6. The SMILES string of the molecule is CCOC(=O)[C@@]1(CC)C[C@@](C)(c2csc(Nc3ccc(C)cc3)n2)OC1=O. The van der Waals surface area contributed by atoms with Gasteiger partial charge in [-0.25, -0.2) is 4.98 Å².